The molecule has 1 aliphatic carbocycles. The molecule has 0 aromatic heterocycles. The van der Waals surface area contributed by atoms with Crippen LogP contribution in [0.3, 0.4) is 0 Å². The first-order valence-electron chi connectivity index (χ1n) is 6.97. The van der Waals surface area contributed by atoms with Crippen molar-refractivity contribution in [2.24, 2.45) is 5.92 Å². The Morgan fingerprint density at radius 1 is 1.28 bits per heavy atom. The highest BCUT2D eigenvalue weighted by atomic mass is 35.5. The molecule has 1 aliphatic heterocycles. The molecule has 3 heteroatoms. The second-order valence-electron chi connectivity index (χ2n) is 5.50. The summed E-state index contributed by atoms with van der Waals surface area (Å²) in [4.78, 5) is 1.27. The third-order valence-corrected chi connectivity index (χ3v) is 5.58. The smallest absolute Gasteiger partial charge is 0.0544 e. The summed E-state index contributed by atoms with van der Waals surface area (Å²) < 4.78 is 0. The van der Waals surface area contributed by atoms with Crippen LogP contribution in [0.15, 0.2) is 23.1 Å². The van der Waals surface area contributed by atoms with Crippen LogP contribution in [-0.4, -0.2) is 18.3 Å². The van der Waals surface area contributed by atoms with Crippen molar-refractivity contribution in [1.29, 1.82) is 0 Å². The molecule has 1 atom stereocenters. The molecule has 0 spiro atoms. The topological polar surface area (TPSA) is 12.0 Å². The maximum atomic E-state index is 6.38. The van der Waals surface area contributed by atoms with Gasteiger partial charge >= 0.3 is 0 Å². The molecule has 1 heterocycles. The molecule has 98 valence electrons. The lowest BCUT2D eigenvalue weighted by molar-refractivity contribution is 0.376. The van der Waals surface area contributed by atoms with Gasteiger partial charge in [-0.1, -0.05) is 17.7 Å². The summed E-state index contributed by atoms with van der Waals surface area (Å²) in [6, 6.07) is 6.67. The Kier molecular flexibility index (Phi) is 4.17. The van der Waals surface area contributed by atoms with Crippen LogP contribution in [-0.2, 0) is 6.42 Å². The molecule has 2 aliphatic rings. The first-order chi connectivity index (χ1) is 8.81. The van der Waals surface area contributed by atoms with Crippen LogP contribution in [0.25, 0.3) is 0 Å². The van der Waals surface area contributed by atoms with Crippen molar-refractivity contribution in [3.05, 3.63) is 28.8 Å². The molecule has 18 heavy (non-hydrogen) atoms. The van der Waals surface area contributed by atoms with E-state index in [2.05, 4.69) is 23.5 Å². The van der Waals surface area contributed by atoms with Crippen molar-refractivity contribution in [2.75, 3.05) is 13.1 Å². The number of hydrogen-bond acceptors (Lipinski definition) is 2. The summed E-state index contributed by atoms with van der Waals surface area (Å²) in [5.41, 5.74) is 1.40. The Morgan fingerprint density at radius 2 is 2.17 bits per heavy atom. The summed E-state index contributed by atoms with van der Waals surface area (Å²) in [7, 11) is 0. The molecule has 1 saturated heterocycles. The summed E-state index contributed by atoms with van der Waals surface area (Å²) in [5, 5.41) is 5.26. The van der Waals surface area contributed by atoms with Gasteiger partial charge in [0, 0.05) is 10.1 Å². The molecule has 1 nitrogen and oxygen atoms in total. The van der Waals surface area contributed by atoms with Crippen LogP contribution in [0.2, 0.25) is 5.02 Å². The van der Waals surface area contributed by atoms with Gasteiger partial charge in [-0.2, -0.15) is 0 Å². The zero-order valence-electron chi connectivity index (χ0n) is 10.6. The van der Waals surface area contributed by atoms with Crippen molar-refractivity contribution >= 4 is 23.4 Å². The largest absolute Gasteiger partial charge is 0.316 e. The fourth-order valence-corrected chi connectivity index (χ4v) is 3.95. The standard InChI is InChI=1S/C15H20ClNS/c16-14-9-11(8-12-2-1-7-17-10-12)3-6-15(14)18-13-4-5-13/h3,6,9,12-13,17H,1-2,4-5,7-8,10H2. The van der Waals surface area contributed by atoms with Crippen molar-refractivity contribution in [1.82, 2.24) is 5.32 Å². The molecule has 3 rings (SSSR count). The minimum Gasteiger partial charge on any atom is -0.316 e. The average Bonchev–Trinajstić information content (AvgIpc) is 3.18. The highest BCUT2D eigenvalue weighted by Gasteiger charge is 2.23. The molecule has 2 fully saturated rings. The van der Waals surface area contributed by atoms with E-state index in [9.17, 15) is 0 Å². The van der Waals surface area contributed by atoms with Gasteiger partial charge in [0.2, 0.25) is 0 Å². The van der Waals surface area contributed by atoms with E-state index in [0.29, 0.717) is 0 Å². The van der Waals surface area contributed by atoms with Gasteiger partial charge in [0.15, 0.2) is 0 Å². The van der Waals surface area contributed by atoms with E-state index in [-0.39, 0.29) is 0 Å². The zero-order chi connectivity index (χ0) is 12.4. The normalized spacial score (nSPS) is 24.2. The minimum atomic E-state index is 0.789. The molecule has 1 unspecified atom stereocenters. The molecule has 0 amide bonds. The van der Waals surface area contributed by atoms with Gasteiger partial charge in [0.05, 0.1) is 5.02 Å². The fraction of sp³-hybridized carbons (Fsp3) is 0.600. The second kappa shape index (κ2) is 5.85. The predicted molar refractivity (Wildman–Crippen MR) is 79.6 cm³/mol. The maximum Gasteiger partial charge on any atom is 0.0544 e. The van der Waals surface area contributed by atoms with Crippen molar-refractivity contribution < 1.29 is 0 Å². The lowest BCUT2D eigenvalue weighted by Gasteiger charge is -2.22. The van der Waals surface area contributed by atoms with Crippen LogP contribution < -0.4 is 5.32 Å². The van der Waals surface area contributed by atoms with Crippen LogP contribution in [0, 0.1) is 5.92 Å². The molecule has 0 radical (unpaired) electrons. The summed E-state index contributed by atoms with van der Waals surface area (Å²) in [5.74, 6) is 0.789. The highest BCUT2D eigenvalue weighted by Crippen LogP contribution is 2.42. The quantitative estimate of drug-likeness (QED) is 0.890. The van der Waals surface area contributed by atoms with Crippen LogP contribution >= 0.6 is 23.4 Å². The predicted octanol–water partition coefficient (Wildman–Crippen LogP) is 4.14. The number of rotatable bonds is 4. The molecule has 0 bridgehead atoms. The minimum absolute atomic E-state index is 0.789. The van der Waals surface area contributed by atoms with E-state index < -0.39 is 0 Å². The summed E-state index contributed by atoms with van der Waals surface area (Å²) in [6.45, 7) is 2.35. The maximum absolute atomic E-state index is 6.38. The summed E-state index contributed by atoms with van der Waals surface area (Å²) >= 11 is 8.33. The van der Waals surface area contributed by atoms with Gasteiger partial charge in [0.25, 0.3) is 0 Å². The van der Waals surface area contributed by atoms with Crippen LogP contribution in [0.4, 0.5) is 0 Å². The monoisotopic (exact) mass is 281 g/mol. The lowest BCUT2D eigenvalue weighted by Crippen LogP contribution is -2.30. The Morgan fingerprint density at radius 3 is 2.83 bits per heavy atom. The van der Waals surface area contributed by atoms with Gasteiger partial charge in [-0.25, -0.2) is 0 Å². The van der Waals surface area contributed by atoms with Crippen LogP contribution in [0.1, 0.15) is 31.2 Å². The molecule has 1 saturated carbocycles. The van der Waals surface area contributed by atoms with Crippen molar-refractivity contribution in [2.45, 2.75) is 42.2 Å². The lowest BCUT2D eigenvalue weighted by atomic mass is 9.92. The van der Waals surface area contributed by atoms with Gasteiger partial charge < -0.3 is 5.32 Å². The Bertz CT molecular complexity index is 411. The molecular weight excluding hydrogens is 262 g/mol. The van der Waals surface area contributed by atoms with E-state index in [0.717, 1.165) is 22.7 Å². The SMILES string of the molecule is Clc1cc(CC2CCCNC2)ccc1SC1CC1. The third kappa shape index (κ3) is 3.43. The molecule has 1 aromatic carbocycles. The van der Waals surface area contributed by atoms with Gasteiger partial charge in [0.1, 0.15) is 0 Å². The van der Waals surface area contributed by atoms with E-state index >= 15 is 0 Å². The number of piperidine rings is 1. The fourth-order valence-electron chi connectivity index (χ4n) is 2.56. The first kappa shape index (κ1) is 12.8. The zero-order valence-corrected chi connectivity index (χ0v) is 12.2. The van der Waals surface area contributed by atoms with Gasteiger partial charge in [-0.15, -0.1) is 11.8 Å². The van der Waals surface area contributed by atoms with E-state index in [1.54, 1.807) is 0 Å². The Labute approximate surface area is 119 Å². The van der Waals surface area contributed by atoms with Gasteiger partial charge in [-0.3, -0.25) is 0 Å². The number of thioether (sulfide) groups is 1. The average molecular weight is 282 g/mol. The molecular formula is C15H20ClNS. The van der Waals surface area contributed by atoms with E-state index in [1.807, 2.05) is 11.8 Å². The number of halogens is 1. The van der Waals surface area contributed by atoms with Crippen LogP contribution in [0.5, 0.6) is 0 Å². The Hall–Kier alpha value is -0.180. The summed E-state index contributed by atoms with van der Waals surface area (Å²) in [6.07, 6.45) is 6.55. The van der Waals surface area contributed by atoms with E-state index in [4.69, 9.17) is 11.6 Å². The number of benzene rings is 1. The van der Waals surface area contributed by atoms with Gasteiger partial charge in [-0.05, 0) is 68.8 Å². The van der Waals surface area contributed by atoms with Crippen molar-refractivity contribution in [3.63, 3.8) is 0 Å². The van der Waals surface area contributed by atoms with E-state index in [1.165, 1.54) is 49.1 Å². The molecule has 1 N–H and O–H groups in total. The highest BCUT2D eigenvalue weighted by molar-refractivity contribution is 8.00. The third-order valence-electron chi connectivity index (χ3n) is 3.74. The Balaban J connectivity index is 1.63. The number of hydrogen-bond donors (Lipinski definition) is 1. The van der Waals surface area contributed by atoms with Crippen molar-refractivity contribution in [3.8, 4) is 0 Å². The molecule has 1 aromatic rings. The second-order valence-corrected chi connectivity index (χ2v) is 7.25. The first-order valence-corrected chi connectivity index (χ1v) is 8.23. The number of nitrogens with one attached hydrogen (secondary N) is 1.